The van der Waals surface area contributed by atoms with Crippen molar-refractivity contribution in [3.8, 4) is 0 Å². The number of rotatable bonds is 3. The van der Waals surface area contributed by atoms with Gasteiger partial charge >= 0.3 is 0 Å². The van der Waals surface area contributed by atoms with Crippen molar-refractivity contribution in [2.45, 2.75) is 38.1 Å². The third-order valence-electron chi connectivity index (χ3n) is 3.89. The first kappa shape index (κ1) is 12.7. The number of nitrogens with one attached hydrogen (secondary N) is 1. The zero-order valence-electron chi connectivity index (χ0n) is 11.3. The molecule has 1 aliphatic carbocycles. The molecule has 0 aromatic carbocycles. The van der Waals surface area contributed by atoms with Crippen LogP contribution in [0.5, 0.6) is 0 Å². The summed E-state index contributed by atoms with van der Waals surface area (Å²) in [7, 11) is 0. The predicted octanol–water partition coefficient (Wildman–Crippen LogP) is 2.06. The van der Waals surface area contributed by atoms with Gasteiger partial charge < -0.3 is 15.0 Å². The molecule has 5 nitrogen and oxygen atoms in total. The summed E-state index contributed by atoms with van der Waals surface area (Å²) in [6.45, 7) is 3.30. The maximum Gasteiger partial charge on any atom is 0.227 e. The Morgan fingerprint density at radius 3 is 2.74 bits per heavy atom. The average molecular weight is 262 g/mol. The summed E-state index contributed by atoms with van der Waals surface area (Å²) < 4.78 is 5.36. The van der Waals surface area contributed by atoms with Gasteiger partial charge in [0.1, 0.15) is 5.82 Å². The molecule has 5 heteroatoms. The Bertz CT molecular complexity index is 400. The molecule has 19 heavy (non-hydrogen) atoms. The van der Waals surface area contributed by atoms with Crippen molar-refractivity contribution in [1.29, 1.82) is 0 Å². The number of morpholine rings is 1. The van der Waals surface area contributed by atoms with Crippen molar-refractivity contribution in [3.63, 3.8) is 0 Å². The maximum absolute atomic E-state index is 5.36. The van der Waals surface area contributed by atoms with Crippen LogP contribution < -0.4 is 10.2 Å². The number of aromatic nitrogens is 2. The fourth-order valence-corrected chi connectivity index (χ4v) is 2.80. The van der Waals surface area contributed by atoms with Crippen LogP contribution in [-0.2, 0) is 4.74 Å². The van der Waals surface area contributed by atoms with E-state index in [0.717, 1.165) is 38.1 Å². The summed E-state index contributed by atoms with van der Waals surface area (Å²) in [6, 6.07) is 2.56. The molecule has 1 aromatic rings. The highest BCUT2D eigenvalue weighted by Gasteiger charge is 2.16. The van der Waals surface area contributed by atoms with E-state index in [1.807, 2.05) is 12.3 Å². The van der Waals surface area contributed by atoms with Crippen LogP contribution in [0.1, 0.15) is 32.1 Å². The van der Waals surface area contributed by atoms with E-state index in [-0.39, 0.29) is 0 Å². The van der Waals surface area contributed by atoms with Gasteiger partial charge in [-0.25, -0.2) is 4.98 Å². The third kappa shape index (κ3) is 3.35. The topological polar surface area (TPSA) is 50.3 Å². The number of hydrogen-bond donors (Lipinski definition) is 1. The van der Waals surface area contributed by atoms with Gasteiger partial charge in [-0.15, -0.1) is 0 Å². The second kappa shape index (κ2) is 6.19. The van der Waals surface area contributed by atoms with Crippen LogP contribution in [0.2, 0.25) is 0 Å². The SMILES string of the molecule is c1cc(NC2CCCCC2)nc(N2CCOCC2)n1. The molecule has 0 unspecified atom stereocenters. The number of nitrogens with zero attached hydrogens (tertiary/aromatic N) is 3. The molecule has 0 radical (unpaired) electrons. The molecule has 0 atom stereocenters. The van der Waals surface area contributed by atoms with Gasteiger partial charge in [-0.2, -0.15) is 4.98 Å². The van der Waals surface area contributed by atoms with Gasteiger partial charge in [0.25, 0.3) is 0 Å². The van der Waals surface area contributed by atoms with E-state index in [1.54, 1.807) is 0 Å². The summed E-state index contributed by atoms with van der Waals surface area (Å²) in [6.07, 6.45) is 8.41. The lowest BCUT2D eigenvalue weighted by Gasteiger charge is -2.27. The molecule has 1 N–H and O–H groups in total. The van der Waals surface area contributed by atoms with E-state index in [2.05, 4.69) is 20.2 Å². The number of anilines is 2. The van der Waals surface area contributed by atoms with Crippen molar-refractivity contribution in [3.05, 3.63) is 12.3 Å². The van der Waals surface area contributed by atoms with Gasteiger partial charge in [-0.1, -0.05) is 19.3 Å². The molecule has 0 spiro atoms. The van der Waals surface area contributed by atoms with E-state index in [0.29, 0.717) is 6.04 Å². The Kier molecular flexibility index (Phi) is 4.13. The Hall–Kier alpha value is -1.36. The van der Waals surface area contributed by atoms with Crippen LogP contribution in [0.4, 0.5) is 11.8 Å². The zero-order chi connectivity index (χ0) is 12.9. The summed E-state index contributed by atoms with van der Waals surface area (Å²) in [4.78, 5) is 11.2. The van der Waals surface area contributed by atoms with Crippen molar-refractivity contribution < 1.29 is 4.74 Å². The fourth-order valence-electron chi connectivity index (χ4n) is 2.80. The van der Waals surface area contributed by atoms with Gasteiger partial charge in [-0.3, -0.25) is 0 Å². The van der Waals surface area contributed by atoms with Crippen LogP contribution in [-0.4, -0.2) is 42.3 Å². The molecule has 1 aromatic heterocycles. The smallest absolute Gasteiger partial charge is 0.227 e. The molecular weight excluding hydrogens is 240 g/mol. The normalized spacial score (nSPS) is 21.4. The van der Waals surface area contributed by atoms with Gasteiger partial charge in [-0.05, 0) is 18.9 Å². The quantitative estimate of drug-likeness (QED) is 0.903. The van der Waals surface area contributed by atoms with Crippen molar-refractivity contribution in [2.24, 2.45) is 0 Å². The first-order valence-corrected chi connectivity index (χ1v) is 7.34. The Morgan fingerprint density at radius 2 is 1.95 bits per heavy atom. The Balaban J connectivity index is 1.64. The van der Waals surface area contributed by atoms with E-state index >= 15 is 0 Å². The zero-order valence-corrected chi connectivity index (χ0v) is 11.3. The minimum atomic E-state index is 0.584. The van der Waals surface area contributed by atoms with Crippen molar-refractivity contribution >= 4 is 11.8 Å². The van der Waals surface area contributed by atoms with E-state index in [1.165, 1.54) is 32.1 Å². The molecule has 1 saturated carbocycles. The molecule has 2 fully saturated rings. The van der Waals surface area contributed by atoms with Gasteiger partial charge in [0, 0.05) is 25.3 Å². The highest BCUT2D eigenvalue weighted by molar-refractivity contribution is 5.42. The van der Waals surface area contributed by atoms with Crippen LogP contribution in [0.25, 0.3) is 0 Å². The Morgan fingerprint density at radius 1 is 1.16 bits per heavy atom. The van der Waals surface area contributed by atoms with Crippen LogP contribution in [0.3, 0.4) is 0 Å². The van der Waals surface area contributed by atoms with Crippen LogP contribution >= 0.6 is 0 Å². The molecule has 1 aliphatic heterocycles. The lowest BCUT2D eigenvalue weighted by Crippen LogP contribution is -2.37. The molecular formula is C14H22N4O. The highest BCUT2D eigenvalue weighted by atomic mass is 16.5. The monoisotopic (exact) mass is 262 g/mol. The highest BCUT2D eigenvalue weighted by Crippen LogP contribution is 2.21. The second-order valence-corrected chi connectivity index (χ2v) is 5.32. The maximum atomic E-state index is 5.36. The predicted molar refractivity (Wildman–Crippen MR) is 75.6 cm³/mol. The molecule has 0 bridgehead atoms. The van der Waals surface area contributed by atoms with Gasteiger partial charge in [0.05, 0.1) is 13.2 Å². The number of hydrogen-bond acceptors (Lipinski definition) is 5. The van der Waals surface area contributed by atoms with Gasteiger partial charge in [0.2, 0.25) is 5.95 Å². The largest absolute Gasteiger partial charge is 0.378 e. The van der Waals surface area contributed by atoms with Crippen LogP contribution in [0, 0.1) is 0 Å². The lowest BCUT2D eigenvalue weighted by atomic mass is 9.95. The van der Waals surface area contributed by atoms with E-state index < -0.39 is 0 Å². The first-order valence-electron chi connectivity index (χ1n) is 7.34. The lowest BCUT2D eigenvalue weighted by molar-refractivity contribution is 0.122. The fraction of sp³-hybridized carbons (Fsp3) is 0.714. The summed E-state index contributed by atoms with van der Waals surface area (Å²) in [5.74, 6) is 1.78. The summed E-state index contributed by atoms with van der Waals surface area (Å²) in [5, 5.41) is 3.55. The Labute approximate surface area is 114 Å². The van der Waals surface area contributed by atoms with Crippen molar-refractivity contribution in [2.75, 3.05) is 36.5 Å². The van der Waals surface area contributed by atoms with Crippen LogP contribution in [0.15, 0.2) is 12.3 Å². The van der Waals surface area contributed by atoms with Crippen molar-refractivity contribution in [1.82, 2.24) is 9.97 Å². The molecule has 1 saturated heterocycles. The van der Waals surface area contributed by atoms with E-state index in [9.17, 15) is 0 Å². The molecule has 3 rings (SSSR count). The molecule has 2 aliphatic rings. The molecule has 2 heterocycles. The standard InChI is InChI=1S/C14H22N4O/c1-2-4-12(5-3-1)16-13-6-7-15-14(17-13)18-8-10-19-11-9-18/h6-7,12H,1-5,8-11H2,(H,15,16,17). The number of ether oxygens (including phenoxy) is 1. The molecule has 104 valence electrons. The average Bonchev–Trinajstić information content (AvgIpc) is 2.49. The molecule has 0 amide bonds. The second-order valence-electron chi connectivity index (χ2n) is 5.32. The first-order chi connectivity index (χ1) is 9.42. The van der Waals surface area contributed by atoms with E-state index in [4.69, 9.17) is 4.74 Å². The summed E-state index contributed by atoms with van der Waals surface area (Å²) >= 11 is 0. The summed E-state index contributed by atoms with van der Waals surface area (Å²) in [5.41, 5.74) is 0. The third-order valence-corrected chi connectivity index (χ3v) is 3.89. The minimum absolute atomic E-state index is 0.584. The minimum Gasteiger partial charge on any atom is -0.378 e. The van der Waals surface area contributed by atoms with Gasteiger partial charge in [0.15, 0.2) is 0 Å².